The van der Waals surface area contributed by atoms with Crippen LogP contribution in [-0.4, -0.2) is 42.2 Å². The highest BCUT2D eigenvalue weighted by molar-refractivity contribution is 6.42. The van der Waals surface area contributed by atoms with Crippen molar-refractivity contribution in [1.29, 1.82) is 0 Å². The van der Waals surface area contributed by atoms with Crippen LogP contribution in [0.3, 0.4) is 0 Å². The van der Waals surface area contributed by atoms with Gasteiger partial charge in [0.25, 0.3) is 5.91 Å². The minimum Gasteiger partial charge on any atom is -0.497 e. The number of methoxy groups -OCH3 is 1. The molecule has 0 radical (unpaired) electrons. The standard InChI is InChI=1S/C19H24F4N2O2/c1-17-11-13(27-2)7-8-14(17)24-15(16(26)25-17)19(22,23)18(20,21)10-9-12-5-3-4-6-12/h7-8,11-12,14H,3-6,9-10H2,1-2H3,(H,25,26). The van der Waals surface area contributed by atoms with E-state index in [4.69, 9.17) is 4.74 Å². The molecular weight excluding hydrogens is 364 g/mol. The van der Waals surface area contributed by atoms with E-state index in [-0.39, 0.29) is 12.3 Å². The maximum atomic E-state index is 14.6. The molecule has 2 atom stereocenters. The summed E-state index contributed by atoms with van der Waals surface area (Å²) in [6.45, 7) is 1.58. The van der Waals surface area contributed by atoms with Crippen LogP contribution >= 0.6 is 0 Å². The third kappa shape index (κ3) is 3.62. The Morgan fingerprint density at radius 1 is 1.30 bits per heavy atom. The van der Waals surface area contributed by atoms with E-state index in [1.165, 1.54) is 25.3 Å². The van der Waals surface area contributed by atoms with Gasteiger partial charge in [-0.2, -0.15) is 17.6 Å². The molecule has 150 valence electrons. The highest BCUT2D eigenvalue weighted by atomic mass is 19.3. The largest absolute Gasteiger partial charge is 0.497 e. The summed E-state index contributed by atoms with van der Waals surface area (Å²) in [5, 5.41) is 2.39. The number of carbonyl (C=O) groups excluding carboxylic acids is 1. The monoisotopic (exact) mass is 388 g/mol. The molecule has 0 bridgehead atoms. The second-order valence-corrected chi connectivity index (χ2v) is 7.74. The summed E-state index contributed by atoms with van der Waals surface area (Å²) in [6, 6.07) is -0.902. The molecule has 1 aliphatic heterocycles. The molecule has 1 amide bonds. The van der Waals surface area contributed by atoms with Crippen molar-refractivity contribution < 1.29 is 27.1 Å². The zero-order valence-corrected chi connectivity index (χ0v) is 15.4. The van der Waals surface area contributed by atoms with Crippen molar-refractivity contribution in [3.8, 4) is 0 Å². The van der Waals surface area contributed by atoms with Gasteiger partial charge in [-0.3, -0.25) is 9.79 Å². The number of aliphatic imine (C=N–C) groups is 1. The molecule has 2 unspecified atom stereocenters. The lowest BCUT2D eigenvalue weighted by molar-refractivity contribution is -0.174. The Balaban J connectivity index is 1.82. The van der Waals surface area contributed by atoms with Gasteiger partial charge in [-0.05, 0) is 31.4 Å². The van der Waals surface area contributed by atoms with E-state index in [2.05, 4.69) is 10.3 Å². The van der Waals surface area contributed by atoms with Gasteiger partial charge >= 0.3 is 11.8 Å². The molecule has 0 aromatic carbocycles. The quantitative estimate of drug-likeness (QED) is 0.699. The van der Waals surface area contributed by atoms with Crippen LogP contribution < -0.4 is 5.32 Å². The summed E-state index contributed by atoms with van der Waals surface area (Å²) in [7, 11) is 1.43. The Bertz CT molecular complexity index is 696. The van der Waals surface area contributed by atoms with Gasteiger partial charge in [0.05, 0.1) is 18.7 Å². The van der Waals surface area contributed by atoms with Gasteiger partial charge in [-0.1, -0.05) is 31.8 Å². The van der Waals surface area contributed by atoms with Crippen molar-refractivity contribution in [3.63, 3.8) is 0 Å². The first-order valence-electron chi connectivity index (χ1n) is 9.20. The van der Waals surface area contributed by atoms with Crippen LogP contribution in [0.1, 0.15) is 45.4 Å². The van der Waals surface area contributed by atoms with E-state index in [9.17, 15) is 22.4 Å². The molecule has 2 aliphatic carbocycles. The van der Waals surface area contributed by atoms with Gasteiger partial charge in [0, 0.05) is 6.42 Å². The molecule has 1 N–H and O–H groups in total. The summed E-state index contributed by atoms with van der Waals surface area (Å²) < 4.78 is 63.1. The second kappa shape index (κ2) is 6.95. The van der Waals surface area contributed by atoms with Gasteiger partial charge in [-0.25, -0.2) is 0 Å². The number of fused-ring (bicyclic) bond motifs is 1. The van der Waals surface area contributed by atoms with Crippen molar-refractivity contribution >= 4 is 11.6 Å². The first kappa shape index (κ1) is 19.9. The summed E-state index contributed by atoms with van der Waals surface area (Å²) >= 11 is 0. The van der Waals surface area contributed by atoms with Crippen LogP contribution in [0, 0.1) is 5.92 Å². The Morgan fingerprint density at radius 2 is 1.96 bits per heavy atom. The van der Waals surface area contributed by atoms with E-state index < -0.39 is 41.5 Å². The third-order valence-electron chi connectivity index (χ3n) is 5.70. The molecule has 3 rings (SSSR count). The summed E-state index contributed by atoms with van der Waals surface area (Å²) in [6.07, 6.45) is 7.07. The lowest BCUT2D eigenvalue weighted by Gasteiger charge is -2.40. The zero-order chi connectivity index (χ0) is 19.9. The summed E-state index contributed by atoms with van der Waals surface area (Å²) in [5.41, 5.74) is -2.50. The van der Waals surface area contributed by atoms with E-state index in [0.717, 1.165) is 25.7 Å². The molecule has 8 heteroatoms. The minimum absolute atomic E-state index is 0.0263. The number of allylic oxidation sites excluding steroid dienone is 1. The normalized spacial score (nSPS) is 29.1. The number of alkyl halides is 4. The van der Waals surface area contributed by atoms with E-state index >= 15 is 0 Å². The van der Waals surface area contributed by atoms with Crippen molar-refractivity contribution in [3.05, 3.63) is 24.0 Å². The van der Waals surface area contributed by atoms with Gasteiger partial charge in [-0.15, -0.1) is 0 Å². The molecule has 1 heterocycles. The van der Waals surface area contributed by atoms with Crippen LogP contribution in [0.15, 0.2) is 29.0 Å². The van der Waals surface area contributed by atoms with Crippen molar-refractivity contribution in [2.45, 2.75) is 68.9 Å². The lowest BCUT2D eigenvalue weighted by atomic mass is 9.84. The van der Waals surface area contributed by atoms with E-state index in [1.807, 2.05) is 0 Å². The minimum atomic E-state index is -4.63. The fraction of sp³-hybridized carbons (Fsp3) is 0.684. The molecule has 4 nitrogen and oxygen atoms in total. The first-order chi connectivity index (χ1) is 12.6. The van der Waals surface area contributed by atoms with Crippen LogP contribution in [0.4, 0.5) is 17.6 Å². The zero-order valence-electron chi connectivity index (χ0n) is 15.4. The first-order valence-corrected chi connectivity index (χ1v) is 9.20. The Labute approximate surface area is 155 Å². The van der Waals surface area contributed by atoms with Crippen molar-refractivity contribution in [1.82, 2.24) is 5.32 Å². The number of hydrogen-bond donors (Lipinski definition) is 1. The van der Waals surface area contributed by atoms with Crippen LogP contribution in [0.5, 0.6) is 0 Å². The van der Waals surface area contributed by atoms with Crippen LogP contribution in [0.25, 0.3) is 0 Å². The van der Waals surface area contributed by atoms with Crippen molar-refractivity contribution in [2.24, 2.45) is 10.9 Å². The number of rotatable bonds is 6. The Morgan fingerprint density at radius 3 is 2.59 bits per heavy atom. The number of hydrogen-bond acceptors (Lipinski definition) is 3. The third-order valence-corrected chi connectivity index (χ3v) is 5.70. The molecule has 0 saturated heterocycles. The molecule has 1 saturated carbocycles. The predicted molar refractivity (Wildman–Crippen MR) is 93.1 cm³/mol. The molecule has 0 aromatic rings. The number of carbonyl (C=O) groups is 1. The fourth-order valence-electron chi connectivity index (χ4n) is 3.97. The molecule has 27 heavy (non-hydrogen) atoms. The SMILES string of the molecule is COC1=CC2(C)NC(=O)C(C(F)(F)C(F)(F)CCC3CCCC3)=NC2C=C1. The summed E-state index contributed by atoms with van der Waals surface area (Å²) in [5.74, 6) is -9.75. The smallest absolute Gasteiger partial charge is 0.356 e. The van der Waals surface area contributed by atoms with E-state index in [0.29, 0.717) is 5.76 Å². The van der Waals surface area contributed by atoms with Crippen LogP contribution in [-0.2, 0) is 9.53 Å². The average molecular weight is 388 g/mol. The van der Waals surface area contributed by atoms with Crippen LogP contribution in [0.2, 0.25) is 0 Å². The number of nitrogens with one attached hydrogen (secondary N) is 1. The molecule has 0 aromatic heterocycles. The number of amides is 1. The molecule has 1 fully saturated rings. The van der Waals surface area contributed by atoms with Gasteiger partial charge in [0.15, 0.2) is 5.71 Å². The molecular formula is C19H24F4N2O2. The molecule has 0 spiro atoms. The lowest BCUT2D eigenvalue weighted by Crippen LogP contribution is -2.63. The average Bonchev–Trinajstić information content (AvgIpc) is 3.11. The van der Waals surface area contributed by atoms with Crippen molar-refractivity contribution in [2.75, 3.05) is 7.11 Å². The second-order valence-electron chi connectivity index (χ2n) is 7.74. The Hall–Kier alpha value is -1.86. The topological polar surface area (TPSA) is 50.7 Å². The highest BCUT2D eigenvalue weighted by Gasteiger charge is 2.63. The number of ether oxygens (including phenoxy) is 1. The molecule has 3 aliphatic rings. The van der Waals surface area contributed by atoms with Gasteiger partial charge < -0.3 is 10.1 Å². The highest BCUT2D eigenvalue weighted by Crippen LogP contribution is 2.43. The van der Waals surface area contributed by atoms with Gasteiger partial charge in [0.1, 0.15) is 5.76 Å². The Kier molecular flexibility index (Phi) is 5.12. The van der Waals surface area contributed by atoms with E-state index in [1.54, 1.807) is 6.92 Å². The van der Waals surface area contributed by atoms with Gasteiger partial charge in [0.2, 0.25) is 0 Å². The number of nitrogens with zero attached hydrogens (tertiary/aromatic N) is 1. The maximum Gasteiger partial charge on any atom is 0.356 e. The number of halogens is 4. The predicted octanol–water partition coefficient (Wildman–Crippen LogP) is 4.03. The maximum absolute atomic E-state index is 14.6. The fourth-order valence-corrected chi connectivity index (χ4v) is 3.97. The summed E-state index contributed by atoms with van der Waals surface area (Å²) in [4.78, 5) is 16.0.